The van der Waals surface area contributed by atoms with E-state index in [1.165, 1.54) is 15.6 Å². The monoisotopic (exact) mass is 352 g/mol. The second-order valence-electron chi connectivity index (χ2n) is 5.36. The number of nitrogens with zero attached hydrogens (tertiary/aromatic N) is 1. The van der Waals surface area contributed by atoms with Crippen LogP contribution in [0.1, 0.15) is 17.7 Å². The molecule has 1 aromatic rings. The highest BCUT2D eigenvalue weighted by Crippen LogP contribution is 2.27. The van der Waals surface area contributed by atoms with E-state index in [1.807, 2.05) is 6.92 Å². The molecule has 21 heavy (non-hydrogen) atoms. The van der Waals surface area contributed by atoms with E-state index >= 15 is 0 Å². The molecule has 1 atom stereocenters. The molecule has 1 unspecified atom stereocenters. The van der Waals surface area contributed by atoms with E-state index in [0.29, 0.717) is 17.3 Å². The first kappa shape index (κ1) is 16.9. The predicted molar refractivity (Wildman–Crippen MR) is 83.4 cm³/mol. The Labute approximate surface area is 130 Å². The molecule has 1 aliphatic rings. The lowest BCUT2D eigenvalue weighted by atomic mass is 10.0. The fourth-order valence-corrected chi connectivity index (χ4v) is 5.89. The summed E-state index contributed by atoms with van der Waals surface area (Å²) < 4.78 is 51.6. The number of aryl methyl sites for hydroxylation is 1. The van der Waals surface area contributed by atoms with E-state index in [1.54, 1.807) is 12.1 Å². The summed E-state index contributed by atoms with van der Waals surface area (Å²) in [6.45, 7) is 3.02. The molecule has 0 aromatic carbocycles. The van der Waals surface area contributed by atoms with E-state index in [-0.39, 0.29) is 12.5 Å². The number of hydrogen-bond acceptors (Lipinski definition) is 5. The summed E-state index contributed by atoms with van der Waals surface area (Å²) in [5.74, 6) is 0.0179. The van der Waals surface area contributed by atoms with E-state index < -0.39 is 20.0 Å². The number of nitrogens with one attached hydrogen (secondary N) is 1. The van der Waals surface area contributed by atoms with Crippen molar-refractivity contribution in [3.63, 3.8) is 0 Å². The van der Waals surface area contributed by atoms with Gasteiger partial charge in [-0.2, -0.15) is 4.31 Å². The van der Waals surface area contributed by atoms with Crippen molar-refractivity contribution < 1.29 is 16.8 Å². The molecule has 1 aromatic heterocycles. The van der Waals surface area contributed by atoms with Crippen LogP contribution in [-0.2, 0) is 20.0 Å². The molecule has 9 heteroatoms. The maximum atomic E-state index is 12.5. The third kappa shape index (κ3) is 4.49. The molecular formula is C12H20N2O4S3. The smallest absolute Gasteiger partial charge is 0.215 e. The highest BCUT2D eigenvalue weighted by Gasteiger charge is 2.31. The number of thiophene rings is 1. The van der Waals surface area contributed by atoms with Crippen molar-refractivity contribution >= 4 is 31.4 Å². The Morgan fingerprint density at radius 1 is 1.33 bits per heavy atom. The first-order valence-electron chi connectivity index (χ1n) is 6.70. The maximum Gasteiger partial charge on any atom is 0.252 e. The molecule has 1 fully saturated rings. The molecule has 1 N–H and O–H groups in total. The first-order chi connectivity index (χ1) is 9.68. The van der Waals surface area contributed by atoms with Crippen LogP contribution in [0.4, 0.5) is 0 Å². The predicted octanol–water partition coefficient (Wildman–Crippen LogP) is 1.01. The van der Waals surface area contributed by atoms with Crippen molar-refractivity contribution in [3.8, 4) is 0 Å². The SMILES string of the molecule is Cc1ccc(S(=O)(=O)N2CCCC(CNS(C)(=O)=O)C2)s1. The second kappa shape index (κ2) is 6.33. The van der Waals surface area contributed by atoms with Crippen LogP contribution in [0.3, 0.4) is 0 Å². The molecule has 0 aliphatic carbocycles. The number of piperidine rings is 1. The molecule has 0 saturated carbocycles. The van der Waals surface area contributed by atoms with Gasteiger partial charge in [0.15, 0.2) is 0 Å². The number of rotatable bonds is 5. The van der Waals surface area contributed by atoms with Gasteiger partial charge in [-0.3, -0.25) is 0 Å². The van der Waals surface area contributed by atoms with Crippen molar-refractivity contribution in [1.82, 2.24) is 9.03 Å². The van der Waals surface area contributed by atoms with E-state index in [0.717, 1.165) is 24.0 Å². The molecule has 2 heterocycles. The molecule has 0 amide bonds. The average molecular weight is 353 g/mol. The largest absolute Gasteiger partial charge is 0.252 e. The van der Waals surface area contributed by atoms with Gasteiger partial charge in [-0.05, 0) is 37.8 Å². The summed E-state index contributed by atoms with van der Waals surface area (Å²) in [6.07, 6.45) is 2.69. The third-order valence-electron chi connectivity index (χ3n) is 3.43. The minimum absolute atomic E-state index is 0.0179. The summed E-state index contributed by atoms with van der Waals surface area (Å²) in [7, 11) is -6.69. The summed E-state index contributed by atoms with van der Waals surface area (Å²) >= 11 is 1.27. The van der Waals surface area contributed by atoms with Crippen molar-refractivity contribution in [2.75, 3.05) is 25.9 Å². The lowest BCUT2D eigenvalue weighted by Gasteiger charge is -2.31. The van der Waals surface area contributed by atoms with Crippen LogP contribution in [-0.4, -0.2) is 47.0 Å². The van der Waals surface area contributed by atoms with Gasteiger partial charge in [0, 0.05) is 24.5 Å². The maximum absolute atomic E-state index is 12.5. The standard InChI is InChI=1S/C12H20N2O4S3/c1-10-5-6-12(19-10)21(17,18)14-7-3-4-11(9-14)8-13-20(2,15)16/h5-6,11,13H,3-4,7-9H2,1-2H3. The minimum Gasteiger partial charge on any atom is -0.215 e. The van der Waals surface area contributed by atoms with Gasteiger partial charge in [-0.25, -0.2) is 21.6 Å². The highest BCUT2D eigenvalue weighted by molar-refractivity contribution is 7.91. The van der Waals surface area contributed by atoms with Crippen molar-refractivity contribution in [2.24, 2.45) is 5.92 Å². The Hall–Kier alpha value is -0.480. The van der Waals surface area contributed by atoms with E-state index in [9.17, 15) is 16.8 Å². The van der Waals surface area contributed by atoms with Gasteiger partial charge in [0.1, 0.15) is 4.21 Å². The molecule has 120 valence electrons. The zero-order valence-corrected chi connectivity index (χ0v) is 14.5. The summed E-state index contributed by atoms with van der Waals surface area (Å²) in [6, 6.07) is 3.43. The Kier molecular flexibility index (Phi) is 5.09. The first-order valence-corrected chi connectivity index (χ1v) is 10.8. The van der Waals surface area contributed by atoms with E-state index in [2.05, 4.69) is 4.72 Å². The van der Waals surface area contributed by atoms with Crippen LogP contribution in [0, 0.1) is 12.8 Å². The van der Waals surface area contributed by atoms with Crippen LogP contribution in [0.2, 0.25) is 0 Å². The molecule has 1 aliphatic heterocycles. The zero-order valence-electron chi connectivity index (χ0n) is 12.1. The minimum atomic E-state index is -3.45. The normalized spacial score (nSPS) is 21.5. The van der Waals surface area contributed by atoms with Crippen LogP contribution in [0.15, 0.2) is 16.3 Å². The van der Waals surface area contributed by atoms with Crippen LogP contribution >= 0.6 is 11.3 Å². The van der Waals surface area contributed by atoms with Gasteiger partial charge in [0.2, 0.25) is 10.0 Å². The Balaban J connectivity index is 2.07. The molecule has 0 bridgehead atoms. The number of sulfonamides is 2. The van der Waals surface area contributed by atoms with Crippen LogP contribution in [0.25, 0.3) is 0 Å². The lowest BCUT2D eigenvalue weighted by molar-refractivity contribution is 0.268. The van der Waals surface area contributed by atoms with E-state index in [4.69, 9.17) is 0 Å². The fourth-order valence-electron chi connectivity index (χ4n) is 2.36. The van der Waals surface area contributed by atoms with Crippen molar-refractivity contribution in [3.05, 3.63) is 17.0 Å². The molecule has 6 nitrogen and oxygen atoms in total. The summed E-state index contributed by atoms with van der Waals surface area (Å²) in [5, 5.41) is 0. The highest BCUT2D eigenvalue weighted by atomic mass is 32.2. The summed E-state index contributed by atoms with van der Waals surface area (Å²) in [5.41, 5.74) is 0. The van der Waals surface area contributed by atoms with Crippen LogP contribution < -0.4 is 4.72 Å². The van der Waals surface area contributed by atoms with Gasteiger partial charge in [-0.15, -0.1) is 11.3 Å². The molecule has 0 spiro atoms. The average Bonchev–Trinajstić information content (AvgIpc) is 2.83. The molecule has 1 saturated heterocycles. The second-order valence-corrected chi connectivity index (χ2v) is 10.6. The van der Waals surface area contributed by atoms with Gasteiger partial charge < -0.3 is 0 Å². The fraction of sp³-hybridized carbons (Fsp3) is 0.667. The van der Waals surface area contributed by atoms with Crippen LogP contribution in [0.5, 0.6) is 0 Å². The molecule has 0 radical (unpaired) electrons. The quantitative estimate of drug-likeness (QED) is 0.857. The van der Waals surface area contributed by atoms with Gasteiger partial charge in [0.25, 0.3) is 10.0 Å². The topological polar surface area (TPSA) is 83.6 Å². The summed E-state index contributed by atoms with van der Waals surface area (Å²) in [4.78, 5) is 0.959. The van der Waals surface area contributed by atoms with Crippen molar-refractivity contribution in [2.45, 2.75) is 24.0 Å². The molecular weight excluding hydrogens is 332 g/mol. The number of hydrogen-bond donors (Lipinski definition) is 1. The van der Waals surface area contributed by atoms with Gasteiger partial charge in [0.05, 0.1) is 6.26 Å². The molecule has 2 rings (SSSR count). The lowest BCUT2D eigenvalue weighted by Crippen LogP contribution is -2.43. The van der Waals surface area contributed by atoms with Gasteiger partial charge >= 0.3 is 0 Å². The van der Waals surface area contributed by atoms with Gasteiger partial charge in [-0.1, -0.05) is 0 Å². The third-order valence-corrected chi connectivity index (χ3v) is 7.45. The zero-order chi connectivity index (χ0) is 15.7. The Morgan fingerprint density at radius 3 is 2.62 bits per heavy atom. The Bertz CT molecular complexity index is 694. The Morgan fingerprint density at radius 2 is 2.05 bits per heavy atom. The van der Waals surface area contributed by atoms with Crippen molar-refractivity contribution in [1.29, 1.82) is 0 Å².